The highest BCUT2D eigenvalue weighted by molar-refractivity contribution is 5.94. The van der Waals surface area contributed by atoms with E-state index in [2.05, 4.69) is 18.2 Å². The molecule has 0 aliphatic carbocycles. The van der Waals surface area contributed by atoms with E-state index in [9.17, 15) is 9.59 Å². The second-order valence-corrected chi connectivity index (χ2v) is 7.35. The number of hydrogen-bond donors (Lipinski definition) is 0. The summed E-state index contributed by atoms with van der Waals surface area (Å²) in [6.45, 7) is 3.58. The van der Waals surface area contributed by atoms with Gasteiger partial charge in [-0.2, -0.15) is 5.26 Å². The predicted octanol–water partition coefficient (Wildman–Crippen LogP) is 2.85. The lowest BCUT2D eigenvalue weighted by Gasteiger charge is -2.29. The number of hydrogen-bond acceptors (Lipinski definition) is 3. The van der Waals surface area contributed by atoms with Crippen LogP contribution in [0, 0.1) is 23.2 Å². The zero-order valence-corrected chi connectivity index (χ0v) is 15.2. The summed E-state index contributed by atoms with van der Waals surface area (Å²) in [4.78, 5) is 28.9. The third-order valence-corrected chi connectivity index (χ3v) is 5.74. The largest absolute Gasteiger partial charge is 0.338 e. The van der Waals surface area contributed by atoms with Crippen molar-refractivity contribution in [3.8, 4) is 6.07 Å². The fourth-order valence-corrected chi connectivity index (χ4v) is 4.52. The molecule has 0 bridgehead atoms. The van der Waals surface area contributed by atoms with E-state index in [1.165, 1.54) is 0 Å². The van der Waals surface area contributed by atoms with Gasteiger partial charge in [0.1, 0.15) is 0 Å². The topological polar surface area (TPSA) is 64.4 Å². The molecule has 2 heterocycles. The fourth-order valence-electron chi connectivity index (χ4n) is 4.52. The van der Waals surface area contributed by atoms with E-state index in [1.807, 2.05) is 28.0 Å². The van der Waals surface area contributed by atoms with Crippen LogP contribution in [-0.4, -0.2) is 41.2 Å². The van der Waals surface area contributed by atoms with Crippen molar-refractivity contribution in [2.45, 2.75) is 13.0 Å². The molecule has 2 aromatic carbocycles. The van der Waals surface area contributed by atoms with Crippen molar-refractivity contribution in [3.05, 3.63) is 71.3 Å². The highest BCUT2D eigenvalue weighted by Crippen LogP contribution is 2.45. The highest BCUT2D eigenvalue weighted by Gasteiger charge is 2.49. The zero-order chi connectivity index (χ0) is 19.0. The molecule has 0 unspecified atom stereocenters. The van der Waals surface area contributed by atoms with Crippen LogP contribution in [0.25, 0.3) is 0 Å². The lowest BCUT2D eigenvalue weighted by molar-refractivity contribution is -0.130. The minimum Gasteiger partial charge on any atom is -0.338 e. The number of benzene rings is 2. The minimum absolute atomic E-state index is 0.0111. The molecule has 3 atom stereocenters. The number of nitriles is 1. The Kier molecular flexibility index (Phi) is 4.41. The average Bonchev–Trinajstić information content (AvgIpc) is 3.26. The van der Waals surface area contributed by atoms with Crippen LogP contribution in [0.3, 0.4) is 0 Å². The van der Waals surface area contributed by atoms with Crippen LogP contribution in [0.5, 0.6) is 0 Å². The molecule has 2 aromatic rings. The van der Waals surface area contributed by atoms with Crippen molar-refractivity contribution < 1.29 is 9.59 Å². The Bertz CT molecular complexity index is 919. The molecule has 4 rings (SSSR count). The van der Waals surface area contributed by atoms with Crippen LogP contribution in [-0.2, 0) is 4.79 Å². The summed E-state index contributed by atoms with van der Waals surface area (Å²) in [7, 11) is 0. The number of fused-ring (bicyclic) bond motifs is 1. The van der Waals surface area contributed by atoms with Gasteiger partial charge in [0.15, 0.2) is 0 Å². The molecule has 2 amide bonds. The number of rotatable bonds is 2. The summed E-state index contributed by atoms with van der Waals surface area (Å²) in [6.07, 6.45) is 0. The monoisotopic (exact) mass is 359 g/mol. The Labute approximate surface area is 158 Å². The number of carbonyl (C=O) groups is 2. The first kappa shape index (κ1) is 17.3. The van der Waals surface area contributed by atoms with Crippen LogP contribution in [0.15, 0.2) is 54.6 Å². The number of likely N-dealkylation sites (tertiary alicyclic amines) is 2. The normalized spacial score (nSPS) is 23.8. The quantitative estimate of drug-likeness (QED) is 0.828. The van der Waals surface area contributed by atoms with Crippen LogP contribution in [0.1, 0.15) is 34.5 Å². The molecule has 0 N–H and O–H groups in total. The Hall–Kier alpha value is -3.13. The molecule has 136 valence electrons. The van der Waals surface area contributed by atoms with Crippen molar-refractivity contribution in [2.24, 2.45) is 11.8 Å². The molecular weight excluding hydrogens is 338 g/mol. The molecule has 0 aromatic heterocycles. The Morgan fingerprint density at radius 3 is 2.52 bits per heavy atom. The summed E-state index contributed by atoms with van der Waals surface area (Å²) in [5, 5.41) is 9.07. The van der Waals surface area contributed by atoms with E-state index in [4.69, 9.17) is 5.26 Å². The van der Waals surface area contributed by atoms with Gasteiger partial charge in [0.25, 0.3) is 5.91 Å². The molecule has 2 aliphatic rings. The maximum Gasteiger partial charge on any atom is 0.253 e. The van der Waals surface area contributed by atoms with Gasteiger partial charge < -0.3 is 9.80 Å². The third-order valence-electron chi connectivity index (χ3n) is 5.74. The first-order valence-corrected chi connectivity index (χ1v) is 9.20. The number of nitrogens with zero attached hydrogens (tertiary/aromatic N) is 3. The Balaban J connectivity index is 1.58. The van der Waals surface area contributed by atoms with Gasteiger partial charge in [-0.3, -0.25) is 9.59 Å². The molecule has 27 heavy (non-hydrogen) atoms. The smallest absolute Gasteiger partial charge is 0.253 e. The third kappa shape index (κ3) is 3.08. The van der Waals surface area contributed by atoms with Gasteiger partial charge in [0.05, 0.1) is 17.7 Å². The SMILES string of the molecule is CC(=O)N1C[C@H]2CN(C(=O)c3cccc(C#N)c3)C[C@H]2[C@H]1c1ccccc1. The van der Waals surface area contributed by atoms with Crippen molar-refractivity contribution in [1.29, 1.82) is 5.26 Å². The van der Waals surface area contributed by atoms with Crippen molar-refractivity contribution in [1.82, 2.24) is 9.80 Å². The lowest BCUT2D eigenvalue weighted by atomic mass is 9.89. The van der Waals surface area contributed by atoms with Gasteiger partial charge in [0.2, 0.25) is 5.91 Å². The Morgan fingerprint density at radius 1 is 1.04 bits per heavy atom. The molecular formula is C22H21N3O2. The zero-order valence-electron chi connectivity index (χ0n) is 15.2. The molecule has 2 aliphatic heterocycles. The van der Waals surface area contributed by atoms with Crippen LogP contribution < -0.4 is 0 Å². The van der Waals surface area contributed by atoms with Crippen LogP contribution in [0.4, 0.5) is 0 Å². The van der Waals surface area contributed by atoms with Gasteiger partial charge in [-0.05, 0) is 23.8 Å². The molecule has 2 saturated heterocycles. The first-order valence-electron chi connectivity index (χ1n) is 9.20. The van der Waals surface area contributed by atoms with Gasteiger partial charge in [-0.1, -0.05) is 36.4 Å². The maximum absolute atomic E-state index is 12.9. The maximum atomic E-state index is 12.9. The van der Waals surface area contributed by atoms with E-state index in [0.717, 1.165) is 5.56 Å². The van der Waals surface area contributed by atoms with Crippen LogP contribution >= 0.6 is 0 Å². The molecule has 0 spiro atoms. The molecule has 0 radical (unpaired) electrons. The van der Waals surface area contributed by atoms with Gasteiger partial charge in [-0.15, -0.1) is 0 Å². The minimum atomic E-state index is -0.0392. The predicted molar refractivity (Wildman–Crippen MR) is 101 cm³/mol. The molecule has 5 heteroatoms. The van der Waals surface area contributed by atoms with Crippen molar-refractivity contribution in [3.63, 3.8) is 0 Å². The number of carbonyl (C=O) groups excluding carboxylic acids is 2. The first-order chi connectivity index (χ1) is 13.1. The van der Waals surface area contributed by atoms with Crippen molar-refractivity contribution in [2.75, 3.05) is 19.6 Å². The van der Waals surface area contributed by atoms with E-state index in [1.54, 1.807) is 31.2 Å². The summed E-state index contributed by atoms with van der Waals surface area (Å²) < 4.78 is 0. The highest BCUT2D eigenvalue weighted by atomic mass is 16.2. The summed E-state index contributed by atoms with van der Waals surface area (Å²) in [5.41, 5.74) is 2.17. The Morgan fingerprint density at radius 2 is 1.81 bits per heavy atom. The standard InChI is InChI=1S/C22H21N3O2/c1-15(26)25-13-19-12-24(22(27)18-9-5-6-16(10-18)11-23)14-20(19)21(25)17-7-3-2-4-8-17/h2-10,19-21H,12-14H2,1H3/t19-,20-,21-/m1/s1. The van der Waals surface area contributed by atoms with E-state index in [0.29, 0.717) is 30.8 Å². The van der Waals surface area contributed by atoms with E-state index < -0.39 is 0 Å². The second kappa shape index (κ2) is 6.88. The van der Waals surface area contributed by atoms with E-state index in [-0.39, 0.29) is 29.7 Å². The van der Waals surface area contributed by atoms with Gasteiger partial charge in [-0.25, -0.2) is 0 Å². The number of amides is 2. The molecule has 5 nitrogen and oxygen atoms in total. The van der Waals surface area contributed by atoms with Gasteiger partial charge >= 0.3 is 0 Å². The average molecular weight is 359 g/mol. The van der Waals surface area contributed by atoms with Crippen LogP contribution in [0.2, 0.25) is 0 Å². The summed E-state index contributed by atoms with van der Waals surface area (Å²) >= 11 is 0. The van der Waals surface area contributed by atoms with Crippen molar-refractivity contribution >= 4 is 11.8 Å². The molecule has 0 saturated carbocycles. The summed E-state index contributed by atoms with van der Waals surface area (Å²) in [6, 6.07) is 19.0. The summed E-state index contributed by atoms with van der Waals surface area (Å²) in [5.74, 6) is 0.558. The molecule has 2 fully saturated rings. The fraction of sp³-hybridized carbons (Fsp3) is 0.318. The van der Waals surface area contributed by atoms with E-state index >= 15 is 0 Å². The second-order valence-electron chi connectivity index (χ2n) is 7.35. The lowest BCUT2D eigenvalue weighted by Crippen LogP contribution is -2.36. The van der Waals surface area contributed by atoms with Gasteiger partial charge in [0, 0.05) is 44.0 Å².